The molecule has 20 heavy (non-hydrogen) atoms. The van der Waals surface area contributed by atoms with Crippen LogP contribution in [0, 0.1) is 17.2 Å². The van der Waals surface area contributed by atoms with Crippen LogP contribution in [0.1, 0.15) is 38.5 Å². The van der Waals surface area contributed by atoms with Crippen molar-refractivity contribution < 1.29 is 9.53 Å². The Bertz CT molecular complexity index is 355. The molecule has 112 valence electrons. The van der Waals surface area contributed by atoms with Crippen LogP contribution in [0.15, 0.2) is 0 Å². The number of amides is 1. The van der Waals surface area contributed by atoms with Crippen molar-refractivity contribution in [3.05, 3.63) is 0 Å². The van der Waals surface area contributed by atoms with Crippen LogP contribution in [0.2, 0.25) is 0 Å². The van der Waals surface area contributed by atoms with E-state index in [2.05, 4.69) is 11.4 Å². The molecule has 0 radical (unpaired) electrons. The number of carbonyl (C=O) groups excluding carboxylic acids is 1. The van der Waals surface area contributed by atoms with Crippen LogP contribution < -0.4 is 5.32 Å². The van der Waals surface area contributed by atoms with Crippen molar-refractivity contribution in [1.29, 1.82) is 5.26 Å². The molecule has 0 spiro atoms. The normalized spacial score (nSPS) is 28.1. The lowest BCUT2D eigenvalue weighted by atomic mass is 9.89. The van der Waals surface area contributed by atoms with Gasteiger partial charge in [-0.1, -0.05) is 0 Å². The zero-order valence-electron chi connectivity index (χ0n) is 12.3. The van der Waals surface area contributed by atoms with Gasteiger partial charge < -0.3 is 15.0 Å². The molecule has 0 aromatic rings. The van der Waals surface area contributed by atoms with E-state index in [1.165, 1.54) is 12.8 Å². The van der Waals surface area contributed by atoms with Gasteiger partial charge >= 0.3 is 0 Å². The van der Waals surface area contributed by atoms with Crippen LogP contribution >= 0.6 is 0 Å². The van der Waals surface area contributed by atoms with Gasteiger partial charge in [0.25, 0.3) is 0 Å². The van der Waals surface area contributed by atoms with Gasteiger partial charge in [-0.3, -0.25) is 4.79 Å². The van der Waals surface area contributed by atoms with E-state index < -0.39 is 0 Å². The second kappa shape index (κ2) is 7.61. The van der Waals surface area contributed by atoms with E-state index in [1.807, 2.05) is 0 Å². The number of nitrogens with one attached hydrogen (secondary N) is 1. The number of rotatable bonds is 7. The summed E-state index contributed by atoms with van der Waals surface area (Å²) >= 11 is 0. The minimum absolute atomic E-state index is 0.184. The predicted molar refractivity (Wildman–Crippen MR) is 76.0 cm³/mol. The summed E-state index contributed by atoms with van der Waals surface area (Å²) in [4.78, 5) is 14.2. The first kappa shape index (κ1) is 15.3. The summed E-state index contributed by atoms with van der Waals surface area (Å²) in [6.45, 7) is 1.65. The lowest BCUT2D eigenvalue weighted by Crippen LogP contribution is -2.41. The molecule has 2 bridgehead atoms. The molecule has 2 heterocycles. The number of carbonyl (C=O) groups is 1. The highest BCUT2D eigenvalue weighted by atomic mass is 16.5. The van der Waals surface area contributed by atoms with Crippen molar-refractivity contribution in [2.24, 2.45) is 5.92 Å². The Balaban J connectivity index is 1.82. The molecule has 1 N–H and O–H groups in total. The zero-order chi connectivity index (χ0) is 14.4. The number of piperidine rings is 1. The highest BCUT2D eigenvalue weighted by Crippen LogP contribution is 2.32. The van der Waals surface area contributed by atoms with E-state index in [1.54, 1.807) is 12.0 Å². The van der Waals surface area contributed by atoms with Crippen LogP contribution in [0.5, 0.6) is 0 Å². The predicted octanol–water partition coefficient (Wildman–Crippen LogP) is 1.30. The minimum Gasteiger partial charge on any atom is -0.383 e. The molecule has 2 unspecified atom stereocenters. The third kappa shape index (κ3) is 4.19. The van der Waals surface area contributed by atoms with Gasteiger partial charge in [0.1, 0.15) is 0 Å². The Kier molecular flexibility index (Phi) is 5.81. The second-order valence-corrected chi connectivity index (χ2v) is 5.96. The third-order valence-corrected chi connectivity index (χ3v) is 4.45. The van der Waals surface area contributed by atoms with Gasteiger partial charge in [-0.15, -0.1) is 0 Å². The topological polar surface area (TPSA) is 65.4 Å². The molecule has 0 aromatic carbocycles. The Morgan fingerprint density at radius 1 is 1.35 bits per heavy atom. The molecule has 0 saturated carbocycles. The zero-order valence-corrected chi connectivity index (χ0v) is 12.3. The number of nitriles is 1. The highest BCUT2D eigenvalue weighted by molar-refractivity contribution is 5.76. The van der Waals surface area contributed by atoms with E-state index in [0.717, 1.165) is 12.8 Å². The van der Waals surface area contributed by atoms with Crippen molar-refractivity contribution in [1.82, 2.24) is 10.2 Å². The van der Waals surface area contributed by atoms with Crippen molar-refractivity contribution >= 4 is 5.91 Å². The van der Waals surface area contributed by atoms with Crippen molar-refractivity contribution in [2.75, 3.05) is 26.8 Å². The van der Waals surface area contributed by atoms with Gasteiger partial charge in [0, 0.05) is 38.7 Å². The smallest absolute Gasteiger partial charge is 0.222 e. The first-order chi connectivity index (χ1) is 9.72. The summed E-state index contributed by atoms with van der Waals surface area (Å²) in [6, 6.07) is 3.36. The van der Waals surface area contributed by atoms with Crippen LogP contribution in [0.4, 0.5) is 0 Å². The van der Waals surface area contributed by atoms with Gasteiger partial charge in [-0.25, -0.2) is 0 Å². The molecule has 2 rings (SSSR count). The summed E-state index contributed by atoms with van der Waals surface area (Å²) in [7, 11) is 1.64. The molecule has 5 nitrogen and oxygen atoms in total. The Labute approximate surface area is 121 Å². The lowest BCUT2D eigenvalue weighted by Gasteiger charge is -2.30. The Morgan fingerprint density at radius 2 is 2.05 bits per heavy atom. The van der Waals surface area contributed by atoms with E-state index in [9.17, 15) is 4.79 Å². The number of fused-ring (bicyclic) bond motifs is 2. The molecule has 2 atom stereocenters. The molecule has 1 amide bonds. The quantitative estimate of drug-likeness (QED) is 0.763. The second-order valence-electron chi connectivity index (χ2n) is 5.96. The molecular formula is C15H25N3O2. The van der Waals surface area contributed by atoms with Crippen LogP contribution in [-0.2, 0) is 9.53 Å². The van der Waals surface area contributed by atoms with E-state index >= 15 is 0 Å². The average Bonchev–Trinajstić information content (AvgIpc) is 2.78. The molecule has 0 aliphatic carbocycles. The Hall–Kier alpha value is -1.12. The van der Waals surface area contributed by atoms with E-state index in [0.29, 0.717) is 50.5 Å². The number of hydrogen-bond donors (Lipinski definition) is 1. The maximum absolute atomic E-state index is 12.4. The summed E-state index contributed by atoms with van der Waals surface area (Å²) in [5, 5.41) is 12.3. The molecular weight excluding hydrogens is 254 g/mol. The van der Waals surface area contributed by atoms with E-state index in [4.69, 9.17) is 10.00 Å². The monoisotopic (exact) mass is 279 g/mol. The highest BCUT2D eigenvalue weighted by Gasteiger charge is 2.34. The number of nitrogens with zero attached hydrogens (tertiary/aromatic N) is 2. The van der Waals surface area contributed by atoms with Gasteiger partial charge in [0.2, 0.25) is 5.91 Å². The average molecular weight is 279 g/mol. The number of ether oxygens (including phenoxy) is 1. The summed E-state index contributed by atoms with van der Waals surface area (Å²) in [6.07, 6.45) is 5.79. The molecule has 2 aliphatic heterocycles. The van der Waals surface area contributed by atoms with Crippen molar-refractivity contribution in [3.63, 3.8) is 0 Å². The van der Waals surface area contributed by atoms with Gasteiger partial charge in [-0.2, -0.15) is 5.26 Å². The largest absolute Gasteiger partial charge is 0.383 e. The van der Waals surface area contributed by atoms with Crippen molar-refractivity contribution in [2.45, 2.75) is 50.6 Å². The van der Waals surface area contributed by atoms with Gasteiger partial charge in [0.15, 0.2) is 0 Å². The maximum atomic E-state index is 12.4. The van der Waals surface area contributed by atoms with E-state index in [-0.39, 0.29) is 5.91 Å². The summed E-state index contributed by atoms with van der Waals surface area (Å²) in [5.74, 6) is 0.692. The molecule has 2 fully saturated rings. The molecule has 2 aliphatic rings. The Morgan fingerprint density at radius 3 is 2.65 bits per heavy atom. The fraction of sp³-hybridized carbons (Fsp3) is 0.867. The molecule has 5 heteroatoms. The van der Waals surface area contributed by atoms with Crippen LogP contribution in [0.25, 0.3) is 0 Å². The van der Waals surface area contributed by atoms with Crippen LogP contribution in [0.3, 0.4) is 0 Å². The fourth-order valence-electron chi connectivity index (χ4n) is 3.47. The maximum Gasteiger partial charge on any atom is 0.222 e. The molecule has 2 saturated heterocycles. The summed E-state index contributed by atoms with van der Waals surface area (Å²) in [5.41, 5.74) is 0. The molecule has 0 aromatic heterocycles. The summed E-state index contributed by atoms with van der Waals surface area (Å²) < 4.78 is 5.05. The first-order valence-corrected chi connectivity index (χ1v) is 7.62. The van der Waals surface area contributed by atoms with Crippen molar-refractivity contribution in [3.8, 4) is 6.07 Å². The number of hydrogen-bond acceptors (Lipinski definition) is 4. The SMILES string of the molecule is COCCN(CCC#N)C(=O)CC1CC2CCC(C1)N2. The standard InChI is InChI=1S/C15H25N3O2/c1-20-8-7-18(6-2-5-16)15(19)11-12-9-13-3-4-14(10-12)17-13/h12-14,17H,2-4,6-11H2,1H3. The van der Waals surface area contributed by atoms with Gasteiger partial charge in [-0.05, 0) is 31.6 Å². The minimum atomic E-state index is 0.184. The van der Waals surface area contributed by atoms with Crippen LogP contribution in [-0.4, -0.2) is 49.7 Å². The number of methoxy groups -OCH3 is 1. The fourth-order valence-corrected chi connectivity index (χ4v) is 3.47. The van der Waals surface area contributed by atoms with Gasteiger partial charge in [0.05, 0.1) is 19.1 Å². The lowest BCUT2D eigenvalue weighted by molar-refractivity contribution is -0.133. The third-order valence-electron chi connectivity index (χ3n) is 4.45. The first-order valence-electron chi connectivity index (χ1n) is 7.62.